The van der Waals surface area contributed by atoms with Gasteiger partial charge in [0.2, 0.25) is 0 Å². The standard InChI is InChI=1S/C11H13ClN2O4/c1-7(11(15)16)6-13(2)10-8(12)4-3-5-9(10)14(17)18/h3-5,7H,6H2,1-2H3,(H,15,16). The Kier molecular flexibility index (Phi) is 4.49. The zero-order valence-electron chi connectivity index (χ0n) is 9.96. The summed E-state index contributed by atoms with van der Waals surface area (Å²) in [6.45, 7) is 1.67. The third-order valence-electron chi connectivity index (χ3n) is 2.51. The van der Waals surface area contributed by atoms with Gasteiger partial charge in [0.05, 0.1) is 15.9 Å². The van der Waals surface area contributed by atoms with Crippen LogP contribution < -0.4 is 4.90 Å². The number of rotatable bonds is 5. The van der Waals surface area contributed by atoms with Crippen LogP contribution in [0, 0.1) is 16.0 Å². The van der Waals surface area contributed by atoms with Crippen molar-refractivity contribution in [2.24, 2.45) is 5.92 Å². The monoisotopic (exact) mass is 272 g/mol. The van der Waals surface area contributed by atoms with E-state index in [9.17, 15) is 14.9 Å². The molecule has 7 heteroatoms. The molecular weight excluding hydrogens is 260 g/mol. The van der Waals surface area contributed by atoms with Crippen molar-refractivity contribution in [2.45, 2.75) is 6.92 Å². The van der Waals surface area contributed by atoms with E-state index in [1.54, 1.807) is 7.05 Å². The Hall–Kier alpha value is -1.82. The Morgan fingerprint density at radius 1 is 1.61 bits per heavy atom. The number of carboxylic acid groups (broad SMARTS) is 1. The van der Waals surface area contributed by atoms with E-state index in [2.05, 4.69) is 0 Å². The van der Waals surface area contributed by atoms with Gasteiger partial charge >= 0.3 is 5.97 Å². The number of nitro groups is 1. The van der Waals surface area contributed by atoms with Gasteiger partial charge < -0.3 is 10.0 Å². The Balaban J connectivity index is 3.08. The molecule has 0 heterocycles. The molecule has 98 valence electrons. The number of hydrogen-bond donors (Lipinski definition) is 1. The van der Waals surface area contributed by atoms with Gasteiger partial charge in [-0.3, -0.25) is 14.9 Å². The minimum Gasteiger partial charge on any atom is -0.481 e. The predicted molar refractivity (Wildman–Crippen MR) is 68.2 cm³/mol. The summed E-state index contributed by atoms with van der Waals surface area (Å²) in [4.78, 5) is 22.6. The molecule has 1 aromatic carbocycles. The van der Waals surface area contributed by atoms with Crippen molar-refractivity contribution >= 4 is 28.9 Å². The predicted octanol–water partition coefficient (Wildman–Crippen LogP) is 2.41. The Morgan fingerprint density at radius 3 is 2.72 bits per heavy atom. The maximum atomic E-state index is 10.9. The SMILES string of the molecule is CC(CN(C)c1c(Cl)cccc1[N+](=O)[O-])C(=O)O. The number of hydrogen-bond acceptors (Lipinski definition) is 4. The van der Waals surface area contributed by atoms with Crippen LogP contribution in [0.2, 0.25) is 5.02 Å². The highest BCUT2D eigenvalue weighted by atomic mass is 35.5. The van der Waals surface area contributed by atoms with Crippen LogP contribution in [0.5, 0.6) is 0 Å². The highest BCUT2D eigenvalue weighted by Gasteiger charge is 2.23. The number of para-hydroxylation sites is 1. The summed E-state index contributed by atoms with van der Waals surface area (Å²) in [6.07, 6.45) is 0. The van der Waals surface area contributed by atoms with Gasteiger partial charge in [0, 0.05) is 19.7 Å². The molecule has 1 atom stereocenters. The molecule has 0 aliphatic rings. The molecule has 0 fully saturated rings. The molecule has 1 unspecified atom stereocenters. The first kappa shape index (κ1) is 14.2. The molecule has 0 aliphatic heterocycles. The summed E-state index contributed by atoms with van der Waals surface area (Å²) in [5, 5.41) is 20.0. The number of benzene rings is 1. The van der Waals surface area contributed by atoms with Crippen LogP contribution in [0.1, 0.15) is 6.92 Å². The second kappa shape index (κ2) is 5.68. The number of nitrogens with zero attached hydrogens (tertiary/aromatic N) is 2. The van der Waals surface area contributed by atoms with E-state index in [1.165, 1.54) is 30.0 Å². The number of nitro benzene ring substituents is 1. The second-order valence-electron chi connectivity index (χ2n) is 3.98. The molecule has 18 heavy (non-hydrogen) atoms. The van der Waals surface area contributed by atoms with E-state index in [-0.39, 0.29) is 22.9 Å². The van der Waals surface area contributed by atoms with E-state index in [0.717, 1.165) is 0 Å². The van der Waals surface area contributed by atoms with Crippen molar-refractivity contribution in [2.75, 3.05) is 18.5 Å². The lowest BCUT2D eigenvalue weighted by molar-refractivity contribution is -0.384. The lowest BCUT2D eigenvalue weighted by Gasteiger charge is -2.22. The van der Waals surface area contributed by atoms with Crippen LogP contribution in [0.4, 0.5) is 11.4 Å². The summed E-state index contributed by atoms with van der Waals surface area (Å²) < 4.78 is 0. The van der Waals surface area contributed by atoms with Crippen molar-refractivity contribution in [3.05, 3.63) is 33.3 Å². The van der Waals surface area contributed by atoms with Gasteiger partial charge in [-0.25, -0.2) is 0 Å². The lowest BCUT2D eigenvalue weighted by Crippen LogP contribution is -2.29. The Morgan fingerprint density at radius 2 is 2.22 bits per heavy atom. The van der Waals surface area contributed by atoms with Gasteiger partial charge in [-0.2, -0.15) is 0 Å². The van der Waals surface area contributed by atoms with E-state index < -0.39 is 16.8 Å². The number of halogens is 1. The van der Waals surface area contributed by atoms with Crippen LogP contribution in [-0.2, 0) is 4.79 Å². The maximum absolute atomic E-state index is 10.9. The molecule has 0 bridgehead atoms. The Labute approximate surface area is 109 Å². The van der Waals surface area contributed by atoms with Crippen LogP contribution >= 0.6 is 11.6 Å². The first-order valence-electron chi connectivity index (χ1n) is 5.21. The molecular formula is C11H13ClN2O4. The molecule has 0 saturated carbocycles. The van der Waals surface area contributed by atoms with Gasteiger partial charge in [-0.1, -0.05) is 24.6 Å². The number of carbonyl (C=O) groups is 1. The van der Waals surface area contributed by atoms with Crippen LogP contribution in [-0.4, -0.2) is 29.6 Å². The van der Waals surface area contributed by atoms with Crippen molar-refractivity contribution < 1.29 is 14.8 Å². The molecule has 0 amide bonds. The second-order valence-corrected chi connectivity index (χ2v) is 4.39. The molecule has 0 spiro atoms. The number of aliphatic carboxylic acids is 1. The van der Waals surface area contributed by atoms with Crippen molar-refractivity contribution in [1.82, 2.24) is 0 Å². The van der Waals surface area contributed by atoms with Gasteiger partial charge in [-0.05, 0) is 6.07 Å². The number of anilines is 1. The molecule has 0 saturated heterocycles. The quantitative estimate of drug-likeness (QED) is 0.657. The van der Waals surface area contributed by atoms with Gasteiger partial charge in [-0.15, -0.1) is 0 Å². The highest BCUT2D eigenvalue weighted by molar-refractivity contribution is 6.33. The Bertz CT molecular complexity index is 478. The van der Waals surface area contributed by atoms with Crippen LogP contribution in [0.25, 0.3) is 0 Å². The van der Waals surface area contributed by atoms with Gasteiger partial charge in [0.15, 0.2) is 0 Å². The first-order valence-corrected chi connectivity index (χ1v) is 5.59. The van der Waals surface area contributed by atoms with Crippen molar-refractivity contribution in [3.63, 3.8) is 0 Å². The summed E-state index contributed by atoms with van der Waals surface area (Å²) in [6, 6.07) is 4.35. The zero-order chi connectivity index (χ0) is 13.9. The molecule has 6 nitrogen and oxygen atoms in total. The fourth-order valence-electron chi connectivity index (χ4n) is 1.61. The summed E-state index contributed by atoms with van der Waals surface area (Å²) in [5.74, 6) is -1.61. The van der Waals surface area contributed by atoms with Crippen LogP contribution in [0.15, 0.2) is 18.2 Å². The zero-order valence-corrected chi connectivity index (χ0v) is 10.7. The summed E-state index contributed by atoms with van der Waals surface area (Å²) in [5.41, 5.74) is 0.0971. The lowest BCUT2D eigenvalue weighted by atomic mass is 10.1. The minimum atomic E-state index is -0.962. The first-order chi connectivity index (χ1) is 8.34. The van der Waals surface area contributed by atoms with E-state index in [0.29, 0.717) is 0 Å². The largest absolute Gasteiger partial charge is 0.481 e. The third kappa shape index (κ3) is 3.10. The normalized spacial score (nSPS) is 11.9. The third-order valence-corrected chi connectivity index (χ3v) is 2.82. The van der Waals surface area contributed by atoms with Gasteiger partial charge in [0.25, 0.3) is 5.69 Å². The average Bonchev–Trinajstić information content (AvgIpc) is 2.27. The fourth-order valence-corrected chi connectivity index (χ4v) is 1.92. The topological polar surface area (TPSA) is 83.7 Å². The smallest absolute Gasteiger partial charge is 0.308 e. The molecule has 1 N–H and O–H groups in total. The van der Waals surface area contributed by atoms with Crippen molar-refractivity contribution in [3.8, 4) is 0 Å². The molecule has 0 aliphatic carbocycles. The van der Waals surface area contributed by atoms with E-state index in [1.807, 2.05) is 0 Å². The molecule has 0 radical (unpaired) electrons. The minimum absolute atomic E-state index is 0.136. The van der Waals surface area contributed by atoms with E-state index in [4.69, 9.17) is 16.7 Å². The average molecular weight is 273 g/mol. The molecule has 1 aromatic rings. The highest BCUT2D eigenvalue weighted by Crippen LogP contribution is 2.34. The fraction of sp³-hybridized carbons (Fsp3) is 0.364. The van der Waals surface area contributed by atoms with Crippen molar-refractivity contribution in [1.29, 1.82) is 0 Å². The van der Waals surface area contributed by atoms with Crippen LogP contribution in [0.3, 0.4) is 0 Å². The van der Waals surface area contributed by atoms with E-state index >= 15 is 0 Å². The summed E-state index contributed by atoms with van der Waals surface area (Å²) >= 11 is 5.94. The summed E-state index contributed by atoms with van der Waals surface area (Å²) in [7, 11) is 1.58. The maximum Gasteiger partial charge on any atom is 0.308 e. The molecule has 1 rings (SSSR count). The number of carboxylic acids is 1. The van der Waals surface area contributed by atoms with Gasteiger partial charge in [0.1, 0.15) is 5.69 Å². The molecule has 0 aromatic heterocycles.